The van der Waals surface area contributed by atoms with Crippen LogP contribution in [0.25, 0.3) is 22.0 Å². The van der Waals surface area contributed by atoms with Crippen molar-refractivity contribution in [2.75, 3.05) is 7.11 Å². The number of benzene rings is 3. The molecule has 3 aromatic carbocycles. The number of hydrogen-bond acceptors (Lipinski definition) is 3. The van der Waals surface area contributed by atoms with Gasteiger partial charge in [-0.15, -0.1) is 0 Å². The third-order valence-electron chi connectivity index (χ3n) is 5.81. The van der Waals surface area contributed by atoms with E-state index >= 15 is 0 Å². The third-order valence-corrected chi connectivity index (χ3v) is 6.05. The average molecular weight is 447 g/mol. The van der Waals surface area contributed by atoms with E-state index in [9.17, 15) is 4.79 Å². The van der Waals surface area contributed by atoms with Gasteiger partial charge in [-0.05, 0) is 60.2 Å². The highest BCUT2D eigenvalue weighted by Crippen LogP contribution is 2.39. The Hall–Kier alpha value is -3.11. The SMILES string of the molecule is COc1c(-c2ccc(Cl)cc2C)ccc2nn(C(CC(C)C)c3ccc(C=O)cc3)cc12. The molecule has 0 amide bonds. The highest BCUT2D eigenvalue weighted by molar-refractivity contribution is 6.30. The van der Waals surface area contributed by atoms with Crippen molar-refractivity contribution in [3.05, 3.63) is 82.5 Å². The van der Waals surface area contributed by atoms with Gasteiger partial charge in [-0.1, -0.05) is 55.8 Å². The summed E-state index contributed by atoms with van der Waals surface area (Å²) in [6.45, 7) is 6.46. The molecule has 1 atom stereocenters. The van der Waals surface area contributed by atoms with Crippen LogP contribution >= 0.6 is 11.6 Å². The fourth-order valence-corrected chi connectivity index (χ4v) is 4.47. The number of methoxy groups -OCH3 is 1. The van der Waals surface area contributed by atoms with Crippen LogP contribution in [0.3, 0.4) is 0 Å². The van der Waals surface area contributed by atoms with Crippen LogP contribution in [0.5, 0.6) is 5.75 Å². The summed E-state index contributed by atoms with van der Waals surface area (Å²) >= 11 is 6.17. The highest BCUT2D eigenvalue weighted by Gasteiger charge is 2.20. The molecule has 0 aliphatic rings. The van der Waals surface area contributed by atoms with Crippen LogP contribution in [0.1, 0.15) is 47.8 Å². The number of ether oxygens (including phenoxy) is 1. The molecule has 4 rings (SSSR count). The molecule has 0 saturated heterocycles. The van der Waals surface area contributed by atoms with Gasteiger partial charge in [0.2, 0.25) is 0 Å². The Balaban J connectivity index is 1.84. The second-order valence-electron chi connectivity index (χ2n) is 8.58. The van der Waals surface area contributed by atoms with Gasteiger partial charge in [0.1, 0.15) is 12.0 Å². The number of nitrogens with zero attached hydrogens (tertiary/aromatic N) is 2. The minimum absolute atomic E-state index is 0.0635. The maximum atomic E-state index is 11.1. The minimum Gasteiger partial charge on any atom is -0.495 e. The van der Waals surface area contributed by atoms with Crippen LogP contribution in [0.4, 0.5) is 0 Å². The quantitative estimate of drug-likeness (QED) is 0.284. The highest BCUT2D eigenvalue weighted by atomic mass is 35.5. The summed E-state index contributed by atoms with van der Waals surface area (Å²) in [5.41, 5.74) is 5.89. The molecule has 0 saturated carbocycles. The number of carbonyl (C=O) groups is 1. The topological polar surface area (TPSA) is 44.1 Å². The van der Waals surface area contributed by atoms with E-state index in [4.69, 9.17) is 21.4 Å². The van der Waals surface area contributed by atoms with Crippen LogP contribution in [0.2, 0.25) is 5.02 Å². The van der Waals surface area contributed by atoms with Crippen LogP contribution < -0.4 is 4.74 Å². The smallest absolute Gasteiger partial charge is 0.150 e. The maximum Gasteiger partial charge on any atom is 0.150 e. The first-order valence-electron chi connectivity index (χ1n) is 10.8. The van der Waals surface area contributed by atoms with Crippen molar-refractivity contribution in [3.63, 3.8) is 0 Å². The number of rotatable bonds is 7. The number of carbonyl (C=O) groups excluding carboxylic acids is 1. The molecule has 1 unspecified atom stereocenters. The van der Waals surface area contributed by atoms with Crippen molar-refractivity contribution < 1.29 is 9.53 Å². The second-order valence-corrected chi connectivity index (χ2v) is 9.01. The number of hydrogen-bond donors (Lipinski definition) is 0. The van der Waals surface area contributed by atoms with Gasteiger partial charge in [0.05, 0.1) is 24.1 Å². The molecular formula is C27H27ClN2O2. The van der Waals surface area contributed by atoms with Gasteiger partial charge in [0, 0.05) is 22.3 Å². The van der Waals surface area contributed by atoms with Gasteiger partial charge in [0.15, 0.2) is 0 Å². The average Bonchev–Trinajstić information content (AvgIpc) is 3.21. The molecule has 164 valence electrons. The predicted molar refractivity (Wildman–Crippen MR) is 131 cm³/mol. The van der Waals surface area contributed by atoms with Gasteiger partial charge in [-0.3, -0.25) is 9.48 Å². The molecule has 0 radical (unpaired) electrons. The summed E-state index contributed by atoms with van der Waals surface area (Å²) in [4.78, 5) is 11.1. The number of aryl methyl sites for hydroxylation is 1. The van der Waals surface area contributed by atoms with E-state index in [1.54, 1.807) is 7.11 Å². The van der Waals surface area contributed by atoms with Crippen LogP contribution in [0.15, 0.2) is 60.8 Å². The Bertz CT molecular complexity index is 1260. The monoisotopic (exact) mass is 446 g/mol. The largest absolute Gasteiger partial charge is 0.495 e. The molecule has 4 aromatic rings. The van der Waals surface area contributed by atoms with Crippen molar-refractivity contribution in [2.24, 2.45) is 5.92 Å². The summed E-state index contributed by atoms with van der Waals surface area (Å²) in [6.07, 6.45) is 3.87. The normalized spacial score (nSPS) is 12.3. The number of aromatic nitrogens is 2. The fourth-order valence-electron chi connectivity index (χ4n) is 4.25. The molecule has 0 bridgehead atoms. The summed E-state index contributed by atoms with van der Waals surface area (Å²) in [7, 11) is 1.70. The summed E-state index contributed by atoms with van der Waals surface area (Å²) in [6, 6.07) is 17.8. The standard InChI is InChI=1S/C27H27ClN2O2/c1-17(2)13-26(20-7-5-19(16-31)6-8-20)30-15-24-25(29-30)12-11-23(27(24)32-4)22-10-9-21(28)14-18(22)3/h5-12,14-17,26H,13H2,1-4H3. The van der Waals surface area contributed by atoms with Crippen molar-refractivity contribution in [1.29, 1.82) is 0 Å². The molecule has 1 heterocycles. The first-order chi connectivity index (χ1) is 15.4. The van der Waals surface area contributed by atoms with E-state index in [0.29, 0.717) is 11.5 Å². The van der Waals surface area contributed by atoms with E-state index in [2.05, 4.69) is 33.0 Å². The molecule has 4 nitrogen and oxygen atoms in total. The lowest BCUT2D eigenvalue weighted by Gasteiger charge is -2.20. The molecule has 0 aliphatic carbocycles. The van der Waals surface area contributed by atoms with Crippen molar-refractivity contribution in [3.8, 4) is 16.9 Å². The summed E-state index contributed by atoms with van der Waals surface area (Å²) in [5.74, 6) is 1.28. The van der Waals surface area contributed by atoms with Crippen LogP contribution in [-0.2, 0) is 0 Å². The van der Waals surface area contributed by atoms with E-state index in [1.807, 2.05) is 53.2 Å². The van der Waals surface area contributed by atoms with Crippen molar-refractivity contribution in [1.82, 2.24) is 9.78 Å². The molecule has 0 aliphatic heterocycles. The Morgan fingerprint density at radius 3 is 2.41 bits per heavy atom. The van der Waals surface area contributed by atoms with Crippen molar-refractivity contribution in [2.45, 2.75) is 33.2 Å². The van der Waals surface area contributed by atoms with Gasteiger partial charge < -0.3 is 4.74 Å². The van der Waals surface area contributed by atoms with Gasteiger partial charge in [-0.2, -0.15) is 5.10 Å². The van der Waals surface area contributed by atoms with Crippen LogP contribution in [-0.4, -0.2) is 23.2 Å². The van der Waals surface area contributed by atoms with Gasteiger partial charge in [-0.25, -0.2) is 0 Å². The Morgan fingerprint density at radius 2 is 1.78 bits per heavy atom. The Labute approximate surface area is 193 Å². The van der Waals surface area contributed by atoms with E-state index in [-0.39, 0.29) is 6.04 Å². The van der Waals surface area contributed by atoms with Gasteiger partial charge >= 0.3 is 0 Å². The fraction of sp³-hybridized carbons (Fsp3) is 0.259. The Kier molecular flexibility index (Phi) is 6.33. The zero-order valence-corrected chi connectivity index (χ0v) is 19.6. The van der Waals surface area contributed by atoms with E-state index in [1.165, 1.54) is 0 Å². The molecule has 32 heavy (non-hydrogen) atoms. The first kappa shape index (κ1) is 22.1. The summed E-state index contributed by atoms with van der Waals surface area (Å²) < 4.78 is 7.91. The lowest BCUT2D eigenvalue weighted by Crippen LogP contribution is -2.14. The predicted octanol–water partition coefficient (Wildman–Crippen LogP) is 7.12. The molecule has 0 N–H and O–H groups in total. The first-order valence-corrected chi connectivity index (χ1v) is 11.2. The number of aldehydes is 1. The number of halogens is 1. The summed E-state index contributed by atoms with van der Waals surface area (Å²) in [5, 5.41) is 6.60. The molecule has 1 aromatic heterocycles. The Morgan fingerprint density at radius 1 is 1.06 bits per heavy atom. The zero-order chi connectivity index (χ0) is 22.8. The third kappa shape index (κ3) is 4.28. The maximum absolute atomic E-state index is 11.1. The zero-order valence-electron chi connectivity index (χ0n) is 18.8. The molecule has 0 spiro atoms. The number of fused-ring (bicyclic) bond motifs is 1. The second kappa shape index (κ2) is 9.17. The van der Waals surface area contributed by atoms with E-state index in [0.717, 1.165) is 56.6 Å². The van der Waals surface area contributed by atoms with Crippen LogP contribution in [0, 0.1) is 12.8 Å². The lowest BCUT2D eigenvalue weighted by atomic mass is 9.96. The van der Waals surface area contributed by atoms with E-state index < -0.39 is 0 Å². The molecular weight excluding hydrogens is 420 g/mol. The van der Waals surface area contributed by atoms with Crippen molar-refractivity contribution >= 4 is 28.8 Å². The molecule has 5 heteroatoms. The van der Waals surface area contributed by atoms with Gasteiger partial charge in [0.25, 0.3) is 0 Å². The molecule has 0 fully saturated rings. The lowest BCUT2D eigenvalue weighted by molar-refractivity contribution is 0.112. The minimum atomic E-state index is 0.0635.